The monoisotopic (exact) mass is 492 g/mol. The molecule has 6 heteroatoms. The van der Waals surface area contributed by atoms with Crippen LogP contribution in [0, 0.1) is 0 Å². The quantitative estimate of drug-likeness (QED) is 0.224. The summed E-state index contributed by atoms with van der Waals surface area (Å²) < 4.78 is 6.71. The van der Waals surface area contributed by atoms with Crippen LogP contribution >= 0.6 is 11.3 Å². The highest BCUT2D eigenvalue weighted by atomic mass is 32.1. The summed E-state index contributed by atoms with van der Waals surface area (Å²) in [5, 5.41) is 0.593. The highest BCUT2D eigenvalue weighted by Crippen LogP contribution is 2.35. The minimum atomic E-state index is -0.186. The Morgan fingerprint density at radius 3 is 2.11 bits per heavy atom. The minimum Gasteiger partial charge on any atom is -0.492 e. The van der Waals surface area contributed by atoms with Gasteiger partial charge in [0.25, 0.3) is 5.91 Å². The lowest BCUT2D eigenvalue weighted by Gasteiger charge is -2.20. The number of para-hydroxylation sites is 1. The average Bonchev–Trinajstić information content (AvgIpc) is 3.37. The molecule has 178 valence electrons. The summed E-state index contributed by atoms with van der Waals surface area (Å²) in [6.45, 7) is 2.84. The van der Waals surface area contributed by atoms with Crippen molar-refractivity contribution in [2.45, 2.75) is 13.5 Å². The maximum Gasteiger partial charge on any atom is 0.260 e. The lowest BCUT2D eigenvalue weighted by molar-refractivity contribution is 0.0982. The van der Waals surface area contributed by atoms with Gasteiger partial charge in [0.1, 0.15) is 11.3 Å². The van der Waals surface area contributed by atoms with E-state index >= 15 is 0 Å². The molecule has 0 fully saturated rings. The molecule has 5 rings (SSSR count). The molecular formula is C30H24N2O3S. The van der Waals surface area contributed by atoms with Crippen molar-refractivity contribution >= 4 is 38.4 Å². The van der Waals surface area contributed by atoms with E-state index in [-0.39, 0.29) is 11.7 Å². The SMILES string of the molecule is CCOc1cccc2sc(N(Cc3ccccc3)C(=O)c3ccc(C(=O)c4ccccc4)cc3)nc12. The molecule has 1 heterocycles. The van der Waals surface area contributed by atoms with Crippen LogP contribution in [0.25, 0.3) is 10.2 Å². The first-order valence-electron chi connectivity index (χ1n) is 11.7. The first-order chi connectivity index (χ1) is 17.6. The number of ether oxygens (including phenoxy) is 1. The predicted molar refractivity (Wildman–Crippen MR) is 144 cm³/mol. The lowest BCUT2D eigenvalue weighted by Crippen LogP contribution is -2.30. The summed E-state index contributed by atoms with van der Waals surface area (Å²) in [4.78, 5) is 33.0. The lowest BCUT2D eigenvalue weighted by atomic mass is 10.0. The van der Waals surface area contributed by atoms with E-state index in [0.29, 0.717) is 40.7 Å². The van der Waals surface area contributed by atoms with Gasteiger partial charge in [-0.1, -0.05) is 90.2 Å². The summed E-state index contributed by atoms with van der Waals surface area (Å²) in [6.07, 6.45) is 0. The first kappa shape index (κ1) is 23.5. The van der Waals surface area contributed by atoms with Crippen LogP contribution in [0.1, 0.15) is 38.8 Å². The van der Waals surface area contributed by atoms with E-state index in [1.54, 1.807) is 41.3 Å². The second kappa shape index (κ2) is 10.5. The molecule has 1 amide bonds. The number of rotatable bonds is 8. The largest absolute Gasteiger partial charge is 0.492 e. The maximum atomic E-state index is 13.8. The van der Waals surface area contributed by atoms with E-state index in [0.717, 1.165) is 15.8 Å². The van der Waals surface area contributed by atoms with Crippen molar-refractivity contribution in [1.29, 1.82) is 0 Å². The van der Waals surface area contributed by atoms with Gasteiger partial charge < -0.3 is 4.74 Å². The van der Waals surface area contributed by atoms with Gasteiger partial charge in [0.05, 0.1) is 17.9 Å². The molecule has 0 unspecified atom stereocenters. The van der Waals surface area contributed by atoms with Crippen LogP contribution in [0.2, 0.25) is 0 Å². The van der Waals surface area contributed by atoms with Crippen LogP contribution in [-0.4, -0.2) is 23.3 Å². The van der Waals surface area contributed by atoms with Gasteiger partial charge in [-0.25, -0.2) is 4.98 Å². The summed E-state index contributed by atoms with van der Waals surface area (Å²) in [5.74, 6) is 0.438. The number of nitrogens with zero attached hydrogens (tertiary/aromatic N) is 2. The van der Waals surface area contributed by atoms with Gasteiger partial charge in [-0.3, -0.25) is 14.5 Å². The number of hydrogen-bond acceptors (Lipinski definition) is 5. The minimum absolute atomic E-state index is 0.0784. The Bertz CT molecular complexity index is 1500. The number of benzene rings is 4. The van der Waals surface area contributed by atoms with Crippen molar-refractivity contribution in [2.75, 3.05) is 11.5 Å². The maximum absolute atomic E-state index is 13.8. The standard InChI is InChI=1S/C30H24N2O3S/c1-2-35-25-14-9-15-26-27(25)31-30(36-26)32(20-21-10-5-3-6-11-21)29(34)24-18-16-23(17-19-24)28(33)22-12-7-4-8-13-22/h3-19H,2,20H2,1H3. The van der Waals surface area contributed by atoms with Crippen LogP contribution in [0.15, 0.2) is 103 Å². The molecule has 5 nitrogen and oxygen atoms in total. The third kappa shape index (κ3) is 4.90. The molecule has 0 radical (unpaired) electrons. The van der Waals surface area contributed by atoms with Crippen molar-refractivity contribution in [2.24, 2.45) is 0 Å². The Hall–Kier alpha value is -4.29. The summed E-state index contributed by atoms with van der Waals surface area (Å²) in [7, 11) is 0. The van der Waals surface area contributed by atoms with Crippen molar-refractivity contribution in [3.63, 3.8) is 0 Å². The number of hydrogen-bond donors (Lipinski definition) is 0. The van der Waals surface area contributed by atoms with Gasteiger partial charge in [0, 0.05) is 16.7 Å². The predicted octanol–water partition coefficient (Wildman–Crippen LogP) is 6.77. The highest BCUT2D eigenvalue weighted by Gasteiger charge is 2.23. The number of thiazole rings is 1. The fraction of sp³-hybridized carbons (Fsp3) is 0.100. The van der Waals surface area contributed by atoms with Crippen LogP contribution in [-0.2, 0) is 6.54 Å². The van der Waals surface area contributed by atoms with E-state index in [4.69, 9.17) is 9.72 Å². The Morgan fingerprint density at radius 2 is 1.42 bits per heavy atom. The first-order valence-corrected chi connectivity index (χ1v) is 12.5. The molecule has 0 saturated carbocycles. The molecule has 0 spiro atoms. The summed E-state index contributed by atoms with van der Waals surface area (Å²) in [6, 6.07) is 31.6. The van der Waals surface area contributed by atoms with E-state index in [1.165, 1.54) is 11.3 Å². The van der Waals surface area contributed by atoms with Crippen LogP contribution < -0.4 is 9.64 Å². The molecule has 1 aromatic heterocycles. The van der Waals surface area contributed by atoms with Crippen molar-refractivity contribution in [3.05, 3.63) is 125 Å². The van der Waals surface area contributed by atoms with Gasteiger partial charge in [0.2, 0.25) is 0 Å². The third-order valence-electron chi connectivity index (χ3n) is 5.76. The number of amides is 1. The molecule has 0 aliphatic heterocycles. The molecule has 0 aliphatic rings. The van der Waals surface area contributed by atoms with Gasteiger partial charge in [-0.05, 0) is 36.8 Å². The van der Waals surface area contributed by atoms with E-state index in [1.807, 2.05) is 73.7 Å². The molecule has 4 aromatic carbocycles. The third-order valence-corrected chi connectivity index (χ3v) is 6.80. The number of fused-ring (bicyclic) bond motifs is 1. The molecule has 0 saturated heterocycles. The van der Waals surface area contributed by atoms with E-state index in [9.17, 15) is 9.59 Å². The summed E-state index contributed by atoms with van der Waals surface area (Å²) >= 11 is 1.45. The van der Waals surface area contributed by atoms with Gasteiger partial charge in [-0.2, -0.15) is 0 Å². The molecule has 0 aliphatic carbocycles. The van der Waals surface area contributed by atoms with E-state index < -0.39 is 0 Å². The normalized spacial score (nSPS) is 10.8. The van der Waals surface area contributed by atoms with Gasteiger partial charge in [-0.15, -0.1) is 0 Å². The van der Waals surface area contributed by atoms with Crippen LogP contribution in [0.5, 0.6) is 5.75 Å². The molecule has 5 aromatic rings. The Labute approximate surface area is 213 Å². The topological polar surface area (TPSA) is 59.5 Å². The van der Waals surface area contributed by atoms with Crippen LogP contribution in [0.3, 0.4) is 0 Å². The van der Waals surface area contributed by atoms with Crippen molar-refractivity contribution in [3.8, 4) is 5.75 Å². The second-order valence-corrected chi connectivity index (χ2v) is 9.19. The van der Waals surface area contributed by atoms with Crippen molar-refractivity contribution < 1.29 is 14.3 Å². The number of carbonyl (C=O) groups is 2. The zero-order valence-corrected chi connectivity index (χ0v) is 20.6. The number of carbonyl (C=O) groups excluding carboxylic acids is 2. The number of anilines is 1. The van der Waals surface area contributed by atoms with Gasteiger partial charge >= 0.3 is 0 Å². The zero-order valence-electron chi connectivity index (χ0n) is 19.8. The summed E-state index contributed by atoms with van der Waals surface area (Å²) in [5.41, 5.74) is 3.37. The Kier molecular flexibility index (Phi) is 6.87. The smallest absolute Gasteiger partial charge is 0.260 e. The van der Waals surface area contributed by atoms with Crippen molar-refractivity contribution in [1.82, 2.24) is 4.98 Å². The zero-order chi connectivity index (χ0) is 24.9. The second-order valence-electron chi connectivity index (χ2n) is 8.18. The molecule has 0 N–H and O–H groups in total. The van der Waals surface area contributed by atoms with Crippen LogP contribution in [0.4, 0.5) is 5.13 Å². The molecule has 0 atom stereocenters. The fourth-order valence-corrected chi connectivity index (χ4v) is 4.95. The fourth-order valence-electron chi connectivity index (χ4n) is 3.97. The number of ketones is 1. The molecule has 0 bridgehead atoms. The Morgan fingerprint density at radius 1 is 0.778 bits per heavy atom. The van der Waals surface area contributed by atoms with E-state index in [2.05, 4.69) is 0 Å². The Balaban J connectivity index is 1.49. The number of aromatic nitrogens is 1. The molecule has 36 heavy (non-hydrogen) atoms. The highest BCUT2D eigenvalue weighted by molar-refractivity contribution is 7.22. The average molecular weight is 493 g/mol. The molecular weight excluding hydrogens is 468 g/mol. The van der Waals surface area contributed by atoms with Gasteiger partial charge in [0.15, 0.2) is 10.9 Å².